The van der Waals surface area contributed by atoms with Crippen LogP contribution in [0.25, 0.3) is 0 Å². The largest absolute Gasteiger partial charge is 0.453 e. The molecule has 0 saturated heterocycles. The Bertz CT molecular complexity index is 762. The summed E-state index contributed by atoms with van der Waals surface area (Å²) in [6.45, 7) is 3.22. The number of benzene rings is 1. The van der Waals surface area contributed by atoms with Gasteiger partial charge in [-0.05, 0) is 36.8 Å². The Morgan fingerprint density at radius 1 is 1.20 bits per heavy atom. The van der Waals surface area contributed by atoms with Crippen LogP contribution in [0.1, 0.15) is 26.7 Å². The first-order valence-corrected chi connectivity index (χ1v) is 9.56. The molecule has 0 aliphatic carbocycles. The summed E-state index contributed by atoms with van der Waals surface area (Å²) < 4.78 is 29.1. The van der Waals surface area contributed by atoms with Gasteiger partial charge in [-0.3, -0.25) is 10.1 Å². The van der Waals surface area contributed by atoms with E-state index in [0.29, 0.717) is 12.1 Å². The van der Waals surface area contributed by atoms with E-state index in [-0.39, 0.29) is 27.4 Å². The third-order valence-corrected chi connectivity index (χ3v) is 5.08. The lowest BCUT2D eigenvalue weighted by Gasteiger charge is -2.15. The maximum absolute atomic E-state index is 12.3. The number of anilines is 2. The Balaban J connectivity index is 3.16. The average molecular weight is 387 g/mol. The molecule has 3 N–H and O–H groups in total. The van der Waals surface area contributed by atoms with Gasteiger partial charge in [-0.2, -0.15) is 0 Å². The number of methoxy groups -OCH3 is 1. The quantitative estimate of drug-likeness (QED) is 0.642. The van der Waals surface area contributed by atoms with Gasteiger partial charge in [0, 0.05) is 6.92 Å². The highest BCUT2D eigenvalue weighted by molar-refractivity contribution is 7.91. The first-order chi connectivity index (χ1) is 11.7. The van der Waals surface area contributed by atoms with Crippen LogP contribution >= 0.6 is 12.2 Å². The van der Waals surface area contributed by atoms with Crippen molar-refractivity contribution in [3.05, 3.63) is 18.2 Å². The van der Waals surface area contributed by atoms with E-state index in [2.05, 4.69) is 20.7 Å². The smallest absolute Gasteiger partial charge is 0.413 e. The number of hydrogen-bond donors (Lipinski definition) is 3. The molecule has 25 heavy (non-hydrogen) atoms. The number of ether oxygens (including phenoxy) is 1. The molecule has 0 atom stereocenters. The molecule has 0 saturated carbocycles. The van der Waals surface area contributed by atoms with Crippen molar-refractivity contribution in [1.29, 1.82) is 0 Å². The van der Waals surface area contributed by atoms with Gasteiger partial charge in [0.1, 0.15) is 0 Å². The number of thiocarbonyl (C=S) groups is 1. The van der Waals surface area contributed by atoms with Crippen molar-refractivity contribution in [3.8, 4) is 0 Å². The second-order valence-corrected chi connectivity index (χ2v) is 7.65. The Morgan fingerprint density at radius 3 is 2.44 bits per heavy atom. The molecule has 0 bridgehead atoms. The SMILES string of the molecule is CCCCS(=O)(=O)c1ccc(NC(C)=O)c(NC(=S)NC(=O)OC)c1. The molecule has 0 aromatic heterocycles. The number of rotatable bonds is 6. The van der Waals surface area contributed by atoms with Crippen LogP contribution in [0.15, 0.2) is 23.1 Å². The van der Waals surface area contributed by atoms with Crippen LogP contribution in [-0.2, 0) is 19.4 Å². The zero-order valence-electron chi connectivity index (χ0n) is 14.2. The van der Waals surface area contributed by atoms with E-state index in [0.717, 1.165) is 6.42 Å². The van der Waals surface area contributed by atoms with E-state index in [1.165, 1.54) is 32.2 Å². The molecule has 0 aliphatic rings. The highest BCUT2D eigenvalue weighted by Gasteiger charge is 2.17. The van der Waals surface area contributed by atoms with Crippen molar-refractivity contribution < 1.29 is 22.7 Å². The number of carbonyl (C=O) groups is 2. The molecule has 1 rings (SSSR count). The lowest BCUT2D eigenvalue weighted by Crippen LogP contribution is -2.34. The Morgan fingerprint density at radius 2 is 1.88 bits per heavy atom. The minimum atomic E-state index is -3.46. The summed E-state index contributed by atoms with van der Waals surface area (Å²) in [6.07, 6.45) is 0.521. The maximum atomic E-state index is 12.3. The molecule has 0 heterocycles. The molecule has 138 valence electrons. The van der Waals surface area contributed by atoms with E-state index in [1.54, 1.807) is 0 Å². The van der Waals surface area contributed by atoms with Gasteiger partial charge in [0.15, 0.2) is 14.9 Å². The van der Waals surface area contributed by atoms with Gasteiger partial charge in [-0.25, -0.2) is 13.2 Å². The molecular weight excluding hydrogens is 366 g/mol. The molecule has 8 nitrogen and oxygen atoms in total. The third-order valence-electron chi connectivity index (χ3n) is 3.08. The number of alkyl carbamates (subject to hydrolysis) is 1. The fourth-order valence-electron chi connectivity index (χ4n) is 1.87. The molecule has 0 radical (unpaired) electrons. The predicted molar refractivity (Wildman–Crippen MR) is 99.5 cm³/mol. The zero-order chi connectivity index (χ0) is 19.0. The number of sulfone groups is 1. The second-order valence-electron chi connectivity index (χ2n) is 5.13. The summed E-state index contributed by atoms with van der Waals surface area (Å²) in [5.74, 6) is -0.315. The Hall–Kier alpha value is -2.20. The summed E-state index contributed by atoms with van der Waals surface area (Å²) in [6, 6.07) is 4.24. The molecule has 1 aromatic carbocycles. The van der Waals surface area contributed by atoms with Gasteiger partial charge in [0.2, 0.25) is 5.91 Å². The van der Waals surface area contributed by atoms with Gasteiger partial charge >= 0.3 is 6.09 Å². The van der Waals surface area contributed by atoms with E-state index in [1.807, 2.05) is 6.92 Å². The van der Waals surface area contributed by atoms with Gasteiger partial charge in [0.25, 0.3) is 0 Å². The van der Waals surface area contributed by atoms with E-state index in [4.69, 9.17) is 12.2 Å². The van der Waals surface area contributed by atoms with E-state index in [9.17, 15) is 18.0 Å². The number of unbranched alkanes of at least 4 members (excludes halogenated alkanes) is 1. The number of nitrogens with one attached hydrogen (secondary N) is 3. The van der Waals surface area contributed by atoms with Crippen molar-refractivity contribution >= 4 is 50.5 Å². The fourth-order valence-corrected chi connectivity index (χ4v) is 3.54. The minimum Gasteiger partial charge on any atom is -0.453 e. The van der Waals surface area contributed by atoms with Crippen LogP contribution in [0.2, 0.25) is 0 Å². The fraction of sp³-hybridized carbons (Fsp3) is 0.400. The molecule has 0 spiro atoms. The van der Waals surface area contributed by atoms with Crippen LogP contribution in [0.3, 0.4) is 0 Å². The first kappa shape index (κ1) is 20.8. The maximum Gasteiger partial charge on any atom is 0.413 e. The number of hydrogen-bond acceptors (Lipinski definition) is 6. The highest BCUT2D eigenvalue weighted by Crippen LogP contribution is 2.26. The third kappa shape index (κ3) is 6.67. The molecule has 0 unspecified atom stereocenters. The van der Waals surface area contributed by atoms with Crippen molar-refractivity contribution in [1.82, 2.24) is 5.32 Å². The van der Waals surface area contributed by atoms with Crippen molar-refractivity contribution in [3.63, 3.8) is 0 Å². The van der Waals surface area contributed by atoms with Crippen molar-refractivity contribution in [2.24, 2.45) is 0 Å². The van der Waals surface area contributed by atoms with Gasteiger partial charge in [0.05, 0.1) is 29.1 Å². The lowest BCUT2D eigenvalue weighted by molar-refractivity contribution is -0.114. The molecular formula is C15H21N3O5S2. The van der Waals surface area contributed by atoms with Crippen molar-refractivity contribution in [2.75, 3.05) is 23.5 Å². The molecule has 2 amide bonds. The lowest BCUT2D eigenvalue weighted by atomic mass is 10.2. The molecule has 1 aromatic rings. The van der Waals surface area contributed by atoms with E-state index < -0.39 is 15.9 Å². The summed E-state index contributed by atoms with van der Waals surface area (Å²) in [5, 5.41) is 7.41. The normalized spacial score (nSPS) is 10.7. The Labute approximate surface area is 152 Å². The standard InChI is InChI=1S/C15H21N3O5S2/c1-4-5-8-25(21,22)11-6-7-12(16-10(2)19)13(9-11)17-14(24)18-15(20)23-3/h6-7,9H,4-5,8H2,1-3H3,(H,16,19)(H2,17,18,20,24). The molecule has 0 aliphatic heterocycles. The number of amides is 2. The monoisotopic (exact) mass is 387 g/mol. The first-order valence-electron chi connectivity index (χ1n) is 7.50. The van der Waals surface area contributed by atoms with Crippen LogP contribution in [0.4, 0.5) is 16.2 Å². The zero-order valence-corrected chi connectivity index (χ0v) is 15.8. The van der Waals surface area contributed by atoms with Crippen molar-refractivity contribution in [2.45, 2.75) is 31.6 Å². The molecule has 10 heteroatoms. The van der Waals surface area contributed by atoms with Crippen LogP contribution in [-0.4, -0.2) is 38.4 Å². The summed E-state index contributed by atoms with van der Waals surface area (Å²) in [7, 11) is -2.28. The van der Waals surface area contributed by atoms with Gasteiger partial charge in [-0.15, -0.1) is 0 Å². The van der Waals surface area contributed by atoms with E-state index >= 15 is 0 Å². The van der Waals surface area contributed by atoms with Crippen LogP contribution in [0, 0.1) is 0 Å². The predicted octanol–water partition coefficient (Wildman–Crippen LogP) is 2.27. The minimum absolute atomic E-state index is 0.0211. The number of carbonyl (C=O) groups excluding carboxylic acids is 2. The van der Waals surface area contributed by atoms with Gasteiger partial charge < -0.3 is 15.4 Å². The summed E-state index contributed by atoms with van der Waals surface area (Å²) in [4.78, 5) is 22.6. The highest BCUT2D eigenvalue weighted by atomic mass is 32.2. The molecule has 0 fully saturated rings. The van der Waals surface area contributed by atoms with Crippen LogP contribution < -0.4 is 16.0 Å². The summed E-state index contributed by atoms with van der Waals surface area (Å²) in [5.41, 5.74) is 0.574. The van der Waals surface area contributed by atoms with Crippen LogP contribution in [0.5, 0.6) is 0 Å². The Kier molecular flexibility index (Phi) is 7.78. The average Bonchev–Trinajstić information content (AvgIpc) is 2.53. The second kappa shape index (κ2) is 9.33. The summed E-state index contributed by atoms with van der Waals surface area (Å²) >= 11 is 4.97. The van der Waals surface area contributed by atoms with Gasteiger partial charge in [-0.1, -0.05) is 13.3 Å². The topological polar surface area (TPSA) is 114 Å².